The SMILES string of the molecule is CC(C)SSC(n1nnc2ccccc21)n1nnc2ccccc21. The highest BCUT2D eigenvalue weighted by Gasteiger charge is 2.22. The molecule has 0 fully saturated rings. The van der Waals surface area contributed by atoms with Gasteiger partial charge in [-0.15, -0.1) is 10.2 Å². The van der Waals surface area contributed by atoms with Gasteiger partial charge in [-0.05, 0) is 35.1 Å². The summed E-state index contributed by atoms with van der Waals surface area (Å²) in [6.07, 6.45) is 0. The third kappa shape index (κ3) is 2.76. The van der Waals surface area contributed by atoms with Gasteiger partial charge in [-0.2, -0.15) is 0 Å². The fraction of sp³-hybridized carbons (Fsp3) is 0.250. The number of benzene rings is 2. The molecule has 4 aromatic rings. The molecule has 0 aliphatic heterocycles. The van der Waals surface area contributed by atoms with E-state index >= 15 is 0 Å². The first kappa shape index (κ1) is 15.5. The lowest BCUT2D eigenvalue weighted by molar-refractivity contribution is 0.489. The summed E-state index contributed by atoms with van der Waals surface area (Å²) in [5.74, 6) is 0. The Kier molecular flexibility index (Phi) is 4.15. The molecular formula is C16H16N6S2. The second kappa shape index (κ2) is 6.45. The molecule has 0 saturated heterocycles. The summed E-state index contributed by atoms with van der Waals surface area (Å²) in [6, 6.07) is 15.9. The molecule has 2 aromatic carbocycles. The maximum Gasteiger partial charge on any atom is 0.204 e. The van der Waals surface area contributed by atoms with E-state index in [0.29, 0.717) is 5.25 Å². The van der Waals surface area contributed by atoms with Gasteiger partial charge >= 0.3 is 0 Å². The van der Waals surface area contributed by atoms with Crippen LogP contribution in [0, 0.1) is 0 Å². The molecule has 24 heavy (non-hydrogen) atoms. The van der Waals surface area contributed by atoms with Gasteiger partial charge in [0.2, 0.25) is 5.50 Å². The maximum atomic E-state index is 4.38. The lowest BCUT2D eigenvalue weighted by Crippen LogP contribution is -2.17. The summed E-state index contributed by atoms with van der Waals surface area (Å²) >= 11 is 0. The lowest BCUT2D eigenvalue weighted by atomic mass is 10.3. The van der Waals surface area contributed by atoms with Crippen molar-refractivity contribution in [2.75, 3.05) is 0 Å². The summed E-state index contributed by atoms with van der Waals surface area (Å²) in [5, 5.41) is 17.8. The molecule has 8 heteroatoms. The predicted octanol–water partition coefficient (Wildman–Crippen LogP) is 3.97. The zero-order valence-electron chi connectivity index (χ0n) is 13.3. The standard InChI is InChI=1S/C16H16N6S2/c1-11(2)23-24-16(21-14-9-5-3-7-12(14)17-19-21)22-15-10-6-4-8-13(15)18-20-22/h3-11,16H,1-2H3. The van der Waals surface area contributed by atoms with E-state index in [1.54, 1.807) is 21.6 Å². The van der Waals surface area contributed by atoms with Crippen LogP contribution >= 0.6 is 21.6 Å². The summed E-state index contributed by atoms with van der Waals surface area (Å²) in [6.45, 7) is 4.35. The zero-order valence-corrected chi connectivity index (χ0v) is 14.9. The Bertz CT molecular complexity index is 903. The largest absolute Gasteiger partial charge is 0.209 e. The first-order chi connectivity index (χ1) is 11.7. The molecule has 0 atom stereocenters. The fourth-order valence-corrected chi connectivity index (χ4v) is 4.70. The summed E-state index contributed by atoms with van der Waals surface area (Å²) < 4.78 is 3.83. The molecule has 0 saturated carbocycles. The van der Waals surface area contributed by atoms with Crippen LogP contribution in [0.5, 0.6) is 0 Å². The number of rotatable bonds is 5. The molecule has 0 aliphatic carbocycles. The Hall–Kier alpha value is -2.06. The van der Waals surface area contributed by atoms with Crippen LogP contribution in [0.3, 0.4) is 0 Å². The van der Waals surface area contributed by atoms with Gasteiger partial charge in [-0.1, -0.05) is 59.3 Å². The average molecular weight is 356 g/mol. The molecule has 2 aromatic heterocycles. The summed E-state index contributed by atoms with van der Waals surface area (Å²) in [4.78, 5) is 0. The minimum Gasteiger partial charge on any atom is -0.209 e. The van der Waals surface area contributed by atoms with Crippen LogP contribution in [0.1, 0.15) is 19.3 Å². The number of nitrogens with zero attached hydrogens (tertiary/aromatic N) is 6. The highest BCUT2D eigenvalue weighted by Crippen LogP contribution is 2.39. The van der Waals surface area contributed by atoms with E-state index in [4.69, 9.17) is 0 Å². The van der Waals surface area contributed by atoms with E-state index in [2.05, 4.69) is 34.5 Å². The van der Waals surface area contributed by atoms with Crippen molar-refractivity contribution in [3.63, 3.8) is 0 Å². The number of hydrogen-bond acceptors (Lipinski definition) is 6. The molecule has 4 rings (SSSR count). The second-order valence-electron chi connectivity index (χ2n) is 5.61. The number of para-hydroxylation sites is 2. The Morgan fingerprint density at radius 2 is 1.25 bits per heavy atom. The Labute approximate surface area is 147 Å². The van der Waals surface area contributed by atoms with Crippen molar-refractivity contribution >= 4 is 43.7 Å². The van der Waals surface area contributed by atoms with E-state index < -0.39 is 0 Å². The Morgan fingerprint density at radius 1 is 0.750 bits per heavy atom. The van der Waals surface area contributed by atoms with Gasteiger partial charge in [0.1, 0.15) is 11.0 Å². The molecule has 122 valence electrons. The predicted molar refractivity (Wildman–Crippen MR) is 99.8 cm³/mol. The van der Waals surface area contributed by atoms with Gasteiger partial charge in [-0.3, -0.25) is 0 Å². The summed E-state index contributed by atoms with van der Waals surface area (Å²) in [5.41, 5.74) is 3.57. The molecule has 0 amide bonds. The third-order valence-electron chi connectivity index (χ3n) is 3.51. The number of fused-ring (bicyclic) bond motifs is 2. The van der Waals surface area contributed by atoms with Crippen LogP contribution < -0.4 is 0 Å². The lowest BCUT2D eigenvalue weighted by Gasteiger charge is -2.18. The molecule has 0 unspecified atom stereocenters. The van der Waals surface area contributed by atoms with Gasteiger partial charge in [0, 0.05) is 5.25 Å². The molecule has 0 aliphatic rings. The van der Waals surface area contributed by atoms with Crippen LogP contribution in [-0.4, -0.2) is 35.2 Å². The topological polar surface area (TPSA) is 61.4 Å². The van der Waals surface area contributed by atoms with Crippen LogP contribution in [0.15, 0.2) is 48.5 Å². The van der Waals surface area contributed by atoms with Crippen LogP contribution in [-0.2, 0) is 0 Å². The van der Waals surface area contributed by atoms with E-state index in [9.17, 15) is 0 Å². The summed E-state index contributed by atoms with van der Waals surface area (Å²) in [7, 11) is 3.50. The van der Waals surface area contributed by atoms with Gasteiger partial charge in [0.25, 0.3) is 0 Å². The molecule has 2 heterocycles. The van der Waals surface area contributed by atoms with E-state index in [0.717, 1.165) is 22.1 Å². The van der Waals surface area contributed by atoms with Crippen molar-refractivity contribution in [3.8, 4) is 0 Å². The molecular weight excluding hydrogens is 340 g/mol. The molecule has 0 spiro atoms. The van der Waals surface area contributed by atoms with Crippen molar-refractivity contribution < 1.29 is 0 Å². The molecule has 0 bridgehead atoms. The first-order valence-corrected chi connectivity index (χ1v) is 9.93. The van der Waals surface area contributed by atoms with Gasteiger partial charge < -0.3 is 0 Å². The highest BCUT2D eigenvalue weighted by atomic mass is 33.1. The van der Waals surface area contributed by atoms with Crippen LogP contribution in [0.25, 0.3) is 22.1 Å². The minimum absolute atomic E-state index is 0.155. The van der Waals surface area contributed by atoms with Crippen molar-refractivity contribution in [2.45, 2.75) is 24.6 Å². The Morgan fingerprint density at radius 3 is 1.75 bits per heavy atom. The Balaban J connectivity index is 1.85. The van der Waals surface area contributed by atoms with Crippen LogP contribution in [0.2, 0.25) is 0 Å². The van der Waals surface area contributed by atoms with E-state index in [1.165, 1.54) is 0 Å². The van der Waals surface area contributed by atoms with Crippen molar-refractivity contribution in [1.29, 1.82) is 0 Å². The normalized spacial score (nSPS) is 12.0. The molecule has 0 N–H and O–H groups in total. The van der Waals surface area contributed by atoms with Crippen LogP contribution in [0.4, 0.5) is 0 Å². The van der Waals surface area contributed by atoms with Crippen molar-refractivity contribution in [1.82, 2.24) is 30.0 Å². The van der Waals surface area contributed by atoms with Gasteiger partial charge in [0.05, 0.1) is 11.0 Å². The van der Waals surface area contributed by atoms with E-state index in [1.807, 2.05) is 57.9 Å². The third-order valence-corrected chi connectivity index (χ3v) is 6.58. The van der Waals surface area contributed by atoms with Crippen molar-refractivity contribution in [2.24, 2.45) is 0 Å². The second-order valence-corrected chi connectivity index (χ2v) is 8.52. The molecule has 6 nitrogen and oxygen atoms in total. The quantitative estimate of drug-likeness (QED) is 0.504. The maximum absolute atomic E-state index is 4.38. The smallest absolute Gasteiger partial charge is 0.204 e. The zero-order chi connectivity index (χ0) is 16.5. The minimum atomic E-state index is -0.155. The average Bonchev–Trinajstić information content (AvgIpc) is 3.20. The fourth-order valence-electron chi connectivity index (χ4n) is 2.45. The molecule has 0 radical (unpaired) electrons. The van der Waals surface area contributed by atoms with E-state index in [-0.39, 0.29) is 5.50 Å². The monoisotopic (exact) mass is 356 g/mol. The first-order valence-electron chi connectivity index (χ1n) is 7.66. The highest BCUT2D eigenvalue weighted by molar-refractivity contribution is 8.76. The van der Waals surface area contributed by atoms with Gasteiger partial charge in [-0.25, -0.2) is 9.36 Å². The van der Waals surface area contributed by atoms with Gasteiger partial charge in [0.15, 0.2) is 0 Å². The number of hydrogen-bond donors (Lipinski definition) is 0. The van der Waals surface area contributed by atoms with Crippen molar-refractivity contribution in [3.05, 3.63) is 48.5 Å². The number of aromatic nitrogens is 6.